The fraction of sp³-hybridized carbons (Fsp3) is 0.333. The number of anilines is 1. The lowest BCUT2D eigenvalue weighted by atomic mass is 10.1. The topological polar surface area (TPSA) is 67.6 Å². The van der Waals surface area contributed by atoms with Gasteiger partial charge in [0.25, 0.3) is 0 Å². The molecule has 2 rings (SSSR count). The van der Waals surface area contributed by atoms with Crippen molar-refractivity contribution in [1.82, 2.24) is 9.78 Å². The van der Waals surface area contributed by atoms with Crippen LogP contribution in [0.25, 0.3) is 0 Å². The van der Waals surface area contributed by atoms with E-state index in [1.54, 1.807) is 4.68 Å². The van der Waals surface area contributed by atoms with Crippen molar-refractivity contribution >= 4 is 5.82 Å². The first-order valence-electron chi connectivity index (χ1n) is 6.41. The second-order valence-electron chi connectivity index (χ2n) is 5.06. The van der Waals surface area contributed by atoms with Gasteiger partial charge in [0.2, 0.25) is 0 Å². The van der Waals surface area contributed by atoms with Gasteiger partial charge in [-0.1, -0.05) is 44.2 Å². The summed E-state index contributed by atoms with van der Waals surface area (Å²) in [6.07, 6.45) is 0.638. The number of nitrogens with two attached hydrogens (primary N) is 1. The Bertz CT molecular complexity index is 591. The Morgan fingerprint density at radius 2 is 2.00 bits per heavy atom. The third kappa shape index (κ3) is 2.94. The van der Waals surface area contributed by atoms with Crippen LogP contribution in [0.1, 0.15) is 30.7 Å². The number of aromatic nitrogens is 2. The maximum atomic E-state index is 9.24. The average molecular weight is 254 g/mol. The first-order valence-corrected chi connectivity index (χ1v) is 6.41. The van der Waals surface area contributed by atoms with Crippen molar-refractivity contribution in [2.45, 2.75) is 26.8 Å². The number of hydrogen-bond acceptors (Lipinski definition) is 3. The highest BCUT2D eigenvalue weighted by Crippen LogP contribution is 2.20. The molecule has 2 aromatic rings. The van der Waals surface area contributed by atoms with Crippen LogP contribution in [0.5, 0.6) is 0 Å². The minimum atomic E-state index is 0.443. The largest absolute Gasteiger partial charge is 0.383 e. The molecule has 1 heterocycles. The van der Waals surface area contributed by atoms with Crippen LogP contribution in [0.2, 0.25) is 0 Å². The van der Waals surface area contributed by atoms with Crippen LogP contribution in [-0.2, 0) is 13.0 Å². The number of nitriles is 1. The van der Waals surface area contributed by atoms with Gasteiger partial charge in [0.1, 0.15) is 17.5 Å². The van der Waals surface area contributed by atoms with Crippen LogP contribution >= 0.6 is 0 Å². The van der Waals surface area contributed by atoms with Crippen LogP contribution in [0.3, 0.4) is 0 Å². The Morgan fingerprint density at radius 3 is 2.58 bits per heavy atom. The molecule has 0 bridgehead atoms. The van der Waals surface area contributed by atoms with Crippen molar-refractivity contribution in [2.24, 2.45) is 5.92 Å². The number of benzene rings is 1. The Kier molecular flexibility index (Phi) is 3.86. The van der Waals surface area contributed by atoms with Crippen LogP contribution in [0.15, 0.2) is 30.3 Å². The molecule has 98 valence electrons. The molecule has 0 radical (unpaired) electrons. The summed E-state index contributed by atoms with van der Waals surface area (Å²) in [5, 5.41) is 13.7. The average Bonchev–Trinajstić information content (AvgIpc) is 2.66. The van der Waals surface area contributed by atoms with Gasteiger partial charge < -0.3 is 5.73 Å². The van der Waals surface area contributed by atoms with Gasteiger partial charge in [-0.05, 0) is 11.5 Å². The summed E-state index contributed by atoms with van der Waals surface area (Å²) in [6.45, 7) is 4.93. The lowest BCUT2D eigenvalue weighted by Gasteiger charge is -2.06. The Balaban J connectivity index is 2.33. The molecule has 1 aromatic heterocycles. The molecular weight excluding hydrogens is 236 g/mol. The van der Waals surface area contributed by atoms with Crippen LogP contribution in [-0.4, -0.2) is 9.78 Å². The molecule has 4 heteroatoms. The second-order valence-corrected chi connectivity index (χ2v) is 5.06. The standard InChI is InChI=1S/C15H18N4/c1-11(2)10-19-15(17)13(9-16)14(18-19)8-12-6-4-3-5-7-12/h3-7,11H,8,10,17H2,1-2H3. The normalized spacial score (nSPS) is 10.6. The first kappa shape index (κ1) is 13.2. The van der Waals surface area contributed by atoms with Gasteiger partial charge in [0, 0.05) is 13.0 Å². The number of nitrogens with zero attached hydrogens (tertiary/aromatic N) is 3. The number of hydrogen-bond donors (Lipinski definition) is 1. The molecule has 0 fully saturated rings. The summed E-state index contributed by atoms with van der Waals surface area (Å²) >= 11 is 0. The Labute approximate surface area is 113 Å². The zero-order chi connectivity index (χ0) is 13.8. The number of nitrogen functional groups attached to an aromatic ring is 1. The van der Waals surface area contributed by atoms with Crippen molar-refractivity contribution < 1.29 is 0 Å². The zero-order valence-electron chi connectivity index (χ0n) is 11.3. The van der Waals surface area contributed by atoms with Crippen LogP contribution in [0.4, 0.5) is 5.82 Å². The van der Waals surface area contributed by atoms with Gasteiger partial charge in [-0.25, -0.2) is 4.68 Å². The van der Waals surface area contributed by atoms with Crippen molar-refractivity contribution in [3.05, 3.63) is 47.2 Å². The predicted octanol–water partition coefficient (Wildman–Crippen LogP) is 2.58. The molecule has 1 aromatic carbocycles. The van der Waals surface area contributed by atoms with E-state index in [2.05, 4.69) is 25.0 Å². The molecule has 19 heavy (non-hydrogen) atoms. The van der Waals surface area contributed by atoms with E-state index in [-0.39, 0.29) is 0 Å². The van der Waals surface area contributed by atoms with Crippen LogP contribution < -0.4 is 5.73 Å². The van der Waals surface area contributed by atoms with E-state index in [0.29, 0.717) is 23.7 Å². The maximum Gasteiger partial charge on any atom is 0.140 e. The molecule has 0 aliphatic carbocycles. The molecule has 0 amide bonds. The minimum absolute atomic E-state index is 0.443. The third-order valence-electron chi connectivity index (χ3n) is 2.93. The van der Waals surface area contributed by atoms with Gasteiger partial charge >= 0.3 is 0 Å². The molecule has 0 aliphatic rings. The van der Waals surface area contributed by atoms with E-state index in [9.17, 15) is 5.26 Å². The summed E-state index contributed by atoms with van der Waals surface area (Å²) in [6, 6.07) is 12.2. The second kappa shape index (κ2) is 5.57. The summed E-state index contributed by atoms with van der Waals surface area (Å²) < 4.78 is 1.74. The van der Waals surface area contributed by atoms with Crippen molar-refractivity contribution in [2.75, 3.05) is 5.73 Å². The van der Waals surface area contributed by atoms with Crippen molar-refractivity contribution in [3.63, 3.8) is 0 Å². The van der Waals surface area contributed by atoms with E-state index in [1.165, 1.54) is 0 Å². The van der Waals surface area contributed by atoms with E-state index in [4.69, 9.17) is 5.73 Å². The van der Waals surface area contributed by atoms with E-state index in [0.717, 1.165) is 17.8 Å². The summed E-state index contributed by atoms with van der Waals surface area (Å²) in [5.74, 6) is 0.917. The first-order chi connectivity index (χ1) is 9.11. The molecule has 0 unspecified atom stereocenters. The fourth-order valence-corrected chi connectivity index (χ4v) is 2.05. The van der Waals surface area contributed by atoms with Gasteiger partial charge in [0.15, 0.2) is 0 Å². The summed E-state index contributed by atoms with van der Waals surface area (Å²) in [7, 11) is 0. The predicted molar refractivity (Wildman–Crippen MR) is 75.4 cm³/mol. The monoisotopic (exact) mass is 254 g/mol. The molecule has 4 nitrogen and oxygen atoms in total. The highest BCUT2D eigenvalue weighted by Gasteiger charge is 2.16. The highest BCUT2D eigenvalue weighted by molar-refractivity contribution is 5.53. The fourth-order valence-electron chi connectivity index (χ4n) is 2.05. The summed E-state index contributed by atoms with van der Waals surface area (Å²) in [5.41, 5.74) is 8.39. The van der Waals surface area contributed by atoms with Crippen LogP contribution in [0, 0.1) is 17.2 Å². The Hall–Kier alpha value is -2.28. The summed E-state index contributed by atoms with van der Waals surface area (Å²) in [4.78, 5) is 0. The van der Waals surface area contributed by atoms with E-state index < -0.39 is 0 Å². The zero-order valence-corrected chi connectivity index (χ0v) is 11.3. The van der Waals surface area contributed by atoms with Gasteiger partial charge in [-0.2, -0.15) is 10.4 Å². The molecule has 0 atom stereocenters. The molecule has 0 saturated heterocycles. The molecule has 0 spiro atoms. The SMILES string of the molecule is CC(C)Cn1nc(Cc2ccccc2)c(C#N)c1N. The maximum absolute atomic E-state index is 9.24. The Morgan fingerprint density at radius 1 is 1.32 bits per heavy atom. The lowest BCUT2D eigenvalue weighted by Crippen LogP contribution is -2.09. The molecule has 0 aliphatic heterocycles. The quantitative estimate of drug-likeness (QED) is 0.911. The molecule has 0 saturated carbocycles. The van der Waals surface area contributed by atoms with Crippen molar-refractivity contribution in [3.8, 4) is 6.07 Å². The molecular formula is C15H18N4. The minimum Gasteiger partial charge on any atom is -0.383 e. The van der Waals surface area contributed by atoms with Gasteiger partial charge in [-0.3, -0.25) is 0 Å². The lowest BCUT2D eigenvalue weighted by molar-refractivity contribution is 0.485. The number of rotatable bonds is 4. The smallest absolute Gasteiger partial charge is 0.140 e. The van der Waals surface area contributed by atoms with E-state index >= 15 is 0 Å². The highest BCUT2D eigenvalue weighted by atomic mass is 15.3. The molecule has 2 N–H and O–H groups in total. The third-order valence-corrected chi connectivity index (χ3v) is 2.93. The van der Waals surface area contributed by atoms with Gasteiger partial charge in [0.05, 0.1) is 5.69 Å². The van der Waals surface area contributed by atoms with Crippen molar-refractivity contribution in [1.29, 1.82) is 5.26 Å². The van der Waals surface area contributed by atoms with E-state index in [1.807, 2.05) is 30.3 Å². The van der Waals surface area contributed by atoms with Gasteiger partial charge in [-0.15, -0.1) is 0 Å².